The van der Waals surface area contributed by atoms with Gasteiger partial charge in [-0.15, -0.1) is 12.4 Å². The summed E-state index contributed by atoms with van der Waals surface area (Å²) in [4.78, 5) is 14.2. The second kappa shape index (κ2) is 10.4. The highest BCUT2D eigenvalue weighted by Gasteiger charge is 2.20. The van der Waals surface area contributed by atoms with Crippen LogP contribution in [-0.4, -0.2) is 50.6 Å². The van der Waals surface area contributed by atoms with Crippen LogP contribution in [-0.2, 0) is 4.79 Å². The Hall–Kier alpha value is -0.320. The van der Waals surface area contributed by atoms with Crippen molar-refractivity contribution in [2.75, 3.05) is 39.8 Å². The molecule has 0 saturated carbocycles. The van der Waals surface area contributed by atoms with Crippen LogP contribution in [0.25, 0.3) is 0 Å². The third kappa shape index (κ3) is 10.1. The van der Waals surface area contributed by atoms with Gasteiger partial charge >= 0.3 is 0 Å². The summed E-state index contributed by atoms with van der Waals surface area (Å²) in [6.45, 7) is 11.2. The molecular formula is C16H34ClN3O. The van der Waals surface area contributed by atoms with Gasteiger partial charge in [0.1, 0.15) is 0 Å². The normalized spacial score (nSPS) is 17.3. The van der Waals surface area contributed by atoms with Crippen molar-refractivity contribution < 1.29 is 4.79 Å². The van der Waals surface area contributed by atoms with Gasteiger partial charge in [0.15, 0.2) is 0 Å². The van der Waals surface area contributed by atoms with E-state index in [1.807, 2.05) is 7.05 Å². The second-order valence-corrected chi connectivity index (χ2v) is 7.27. The first kappa shape index (κ1) is 20.7. The summed E-state index contributed by atoms with van der Waals surface area (Å²) in [5, 5.41) is 6.26. The Morgan fingerprint density at radius 1 is 1.19 bits per heavy atom. The van der Waals surface area contributed by atoms with Crippen LogP contribution in [0, 0.1) is 11.3 Å². The van der Waals surface area contributed by atoms with E-state index in [1.165, 1.54) is 19.3 Å². The number of likely N-dealkylation sites (tertiary alicyclic amines) is 1. The molecule has 1 fully saturated rings. The third-order valence-corrected chi connectivity index (χ3v) is 4.07. The zero-order valence-corrected chi connectivity index (χ0v) is 15.0. The predicted molar refractivity (Wildman–Crippen MR) is 92.0 cm³/mol. The van der Waals surface area contributed by atoms with Crippen molar-refractivity contribution in [3.05, 3.63) is 0 Å². The van der Waals surface area contributed by atoms with E-state index >= 15 is 0 Å². The van der Waals surface area contributed by atoms with Crippen molar-refractivity contribution >= 4 is 18.3 Å². The fourth-order valence-corrected chi connectivity index (χ4v) is 2.62. The van der Waals surface area contributed by atoms with Crippen LogP contribution in [0.1, 0.15) is 46.5 Å². The molecular weight excluding hydrogens is 286 g/mol. The van der Waals surface area contributed by atoms with Gasteiger partial charge in [-0.2, -0.15) is 0 Å². The summed E-state index contributed by atoms with van der Waals surface area (Å²) in [6.07, 6.45) is 4.76. The lowest BCUT2D eigenvalue weighted by molar-refractivity contribution is -0.122. The Labute approximate surface area is 136 Å². The maximum absolute atomic E-state index is 11.9. The number of amides is 1. The molecule has 0 atom stereocenters. The van der Waals surface area contributed by atoms with Gasteiger partial charge in [0.05, 0.1) is 6.54 Å². The molecule has 126 valence electrons. The van der Waals surface area contributed by atoms with Crippen LogP contribution in [0.5, 0.6) is 0 Å². The summed E-state index contributed by atoms with van der Waals surface area (Å²) >= 11 is 0. The van der Waals surface area contributed by atoms with Crippen molar-refractivity contribution in [3.8, 4) is 0 Å². The van der Waals surface area contributed by atoms with Crippen molar-refractivity contribution in [1.82, 2.24) is 15.5 Å². The Kier molecular flexibility index (Phi) is 10.3. The van der Waals surface area contributed by atoms with Crippen LogP contribution in [0.4, 0.5) is 0 Å². The molecule has 0 radical (unpaired) electrons. The topological polar surface area (TPSA) is 44.4 Å². The van der Waals surface area contributed by atoms with Gasteiger partial charge in [0, 0.05) is 6.54 Å². The molecule has 1 aliphatic rings. The van der Waals surface area contributed by atoms with E-state index in [-0.39, 0.29) is 18.3 Å². The number of piperidine rings is 1. The Morgan fingerprint density at radius 2 is 1.81 bits per heavy atom. The summed E-state index contributed by atoms with van der Waals surface area (Å²) in [6, 6.07) is 0. The standard InChI is InChI=1S/C16H33N3O.ClH/c1-16(2,3)8-10-18-15(20)13-19-11-6-14(7-12-19)5-9-17-4;/h14,17H,5-13H2,1-4H3,(H,18,20);1H. The van der Waals surface area contributed by atoms with Gasteiger partial charge in [-0.05, 0) is 63.7 Å². The number of hydrogen-bond donors (Lipinski definition) is 2. The number of nitrogens with one attached hydrogen (secondary N) is 2. The maximum atomic E-state index is 11.9. The molecule has 0 aromatic rings. The molecule has 1 heterocycles. The van der Waals surface area contributed by atoms with E-state index < -0.39 is 0 Å². The molecule has 1 aliphatic heterocycles. The average Bonchev–Trinajstić information content (AvgIpc) is 2.36. The van der Waals surface area contributed by atoms with Crippen LogP contribution in [0.15, 0.2) is 0 Å². The van der Waals surface area contributed by atoms with Crippen molar-refractivity contribution in [2.24, 2.45) is 11.3 Å². The number of carbonyl (C=O) groups excluding carboxylic acids is 1. The van der Waals surface area contributed by atoms with Gasteiger partial charge in [-0.1, -0.05) is 20.8 Å². The Balaban J connectivity index is 0.00000400. The maximum Gasteiger partial charge on any atom is 0.234 e. The first-order valence-corrected chi connectivity index (χ1v) is 8.04. The lowest BCUT2D eigenvalue weighted by Crippen LogP contribution is -2.42. The fraction of sp³-hybridized carbons (Fsp3) is 0.938. The van der Waals surface area contributed by atoms with E-state index in [0.29, 0.717) is 12.0 Å². The zero-order chi connectivity index (χ0) is 15.0. The van der Waals surface area contributed by atoms with Crippen LogP contribution in [0.3, 0.4) is 0 Å². The number of hydrogen-bond acceptors (Lipinski definition) is 3. The van der Waals surface area contributed by atoms with Crippen molar-refractivity contribution in [3.63, 3.8) is 0 Å². The highest BCUT2D eigenvalue weighted by molar-refractivity contribution is 5.85. The highest BCUT2D eigenvalue weighted by atomic mass is 35.5. The number of carbonyl (C=O) groups is 1. The molecule has 1 rings (SSSR count). The van der Waals surface area contributed by atoms with Crippen molar-refractivity contribution in [1.29, 1.82) is 0 Å². The average molecular weight is 320 g/mol. The van der Waals surface area contributed by atoms with Crippen LogP contribution in [0.2, 0.25) is 0 Å². The minimum absolute atomic E-state index is 0. The number of halogens is 1. The molecule has 0 bridgehead atoms. The molecule has 0 aromatic carbocycles. The largest absolute Gasteiger partial charge is 0.355 e. The highest BCUT2D eigenvalue weighted by Crippen LogP contribution is 2.20. The van der Waals surface area contributed by atoms with Gasteiger partial charge in [-0.25, -0.2) is 0 Å². The SMILES string of the molecule is CNCCC1CCN(CC(=O)NCCC(C)(C)C)CC1.Cl. The molecule has 0 aromatic heterocycles. The summed E-state index contributed by atoms with van der Waals surface area (Å²) in [7, 11) is 2.01. The van der Waals surface area contributed by atoms with Gasteiger partial charge in [-0.3, -0.25) is 9.69 Å². The lowest BCUT2D eigenvalue weighted by atomic mass is 9.92. The van der Waals surface area contributed by atoms with E-state index in [9.17, 15) is 4.79 Å². The minimum atomic E-state index is 0. The second-order valence-electron chi connectivity index (χ2n) is 7.27. The first-order chi connectivity index (χ1) is 9.40. The molecule has 0 aliphatic carbocycles. The fourth-order valence-electron chi connectivity index (χ4n) is 2.62. The van der Waals surface area contributed by atoms with E-state index in [2.05, 4.69) is 36.3 Å². The quantitative estimate of drug-likeness (QED) is 0.756. The molecule has 1 saturated heterocycles. The molecule has 0 unspecified atom stereocenters. The van der Waals surface area contributed by atoms with E-state index in [4.69, 9.17) is 0 Å². The lowest BCUT2D eigenvalue weighted by Gasteiger charge is -2.31. The van der Waals surface area contributed by atoms with Crippen molar-refractivity contribution in [2.45, 2.75) is 46.5 Å². The minimum Gasteiger partial charge on any atom is -0.355 e. The predicted octanol–water partition coefficient (Wildman–Crippen LogP) is 2.28. The monoisotopic (exact) mass is 319 g/mol. The number of rotatable bonds is 7. The first-order valence-electron chi connectivity index (χ1n) is 8.04. The smallest absolute Gasteiger partial charge is 0.234 e. The summed E-state index contributed by atoms with van der Waals surface area (Å²) < 4.78 is 0. The molecule has 5 heteroatoms. The molecule has 4 nitrogen and oxygen atoms in total. The van der Waals surface area contributed by atoms with Gasteiger partial charge < -0.3 is 10.6 Å². The van der Waals surface area contributed by atoms with E-state index in [1.54, 1.807) is 0 Å². The summed E-state index contributed by atoms with van der Waals surface area (Å²) in [5.74, 6) is 1.02. The Bertz CT molecular complexity index is 284. The zero-order valence-electron chi connectivity index (χ0n) is 14.2. The molecule has 21 heavy (non-hydrogen) atoms. The molecule has 0 spiro atoms. The van der Waals surface area contributed by atoms with Gasteiger partial charge in [0.2, 0.25) is 5.91 Å². The Morgan fingerprint density at radius 3 is 2.33 bits per heavy atom. The van der Waals surface area contributed by atoms with Crippen LogP contribution >= 0.6 is 12.4 Å². The number of nitrogens with zero attached hydrogens (tertiary/aromatic N) is 1. The van der Waals surface area contributed by atoms with Gasteiger partial charge in [0.25, 0.3) is 0 Å². The molecule has 1 amide bonds. The van der Waals surface area contributed by atoms with E-state index in [0.717, 1.165) is 38.5 Å². The molecule has 2 N–H and O–H groups in total. The van der Waals surface area contributed by atoms with Crippen LogP contribution < -0.4 is 10.6 Å². The summed E-state index contributed by atoms with van der Waals surface area (Å²) in [5.41, 5.74) is 0.291. The third-order valence-electron chi connectivity index (χ3n) is 4.07.